The number of amides is 1. The molecular weight excluding hydrogens is 264 g/mol. The highest BCUT2D eigenvalue weighted by atomic mass is 16.3. The molecule has 1 aliphatic carbocycles. The monoisotopic (exact) mass is 290 g/mol. The zero-order valence-corrected chi connectivity index (χ0v) is 12.8. The molecule has 0 saturated heterocycles. The van der Waals surface area contributed by atoms with Crippen molar-refractivity contribution in [2.45, 2.75) is 51.1 Å². The van der Waals surface area contributed by atoms with E-state index in [2.05, 4.69) is 12.2 Å². The van der Waals surface area contributed by atoms with Crippen LogP contribution in [0, 0.1) is 5.92 Å². The highest BCUT2D eigenvalue weighted by molar-refractivity contribution is 5.79. The maximum Gasteiger partial charge on any atom is 0.224 e. The zero-order chi connectivity index (χ0) is 15.3. The summed E-state index contributed by atoms with van der Waals surface area (Å²) in [4.78, 5) is 12.3. The Bertz CT molecular complexity index is 479. The first-order valence-electron chi connectivity index (χ1n) is 7.77. The van der Waals surface area contributed by atoms with Crippen molar-refractivity contribution in [1.29, 1.82) is 0 Å². The molecule has 1 aromatic carbocycles. The van der Waals surface area contributed by atoms with E-state index >= 15 is 0 Å². The zero-order valence-electron chi connectivity index (χ0n) is 12.8. The van der Waals surface area contributed by atoms with E-state index in [-0.39, 0.29) is 12.5 Å². The van der Waals surface area contributed by atoms with E-state index in [1.807, 2.05) is 24.3 Å². The van der Waals surface area contributed by atoms with Crippen molar-refractivity contribution >= 4 is 5.91 Å². The average Bonchev–Trinajstić information content (AvgIpc) is 2.50. The summed E-state index contributed by atoms with van der Waals surface area (Å²) in [6.45, 7) is 2.68. The van der Waals surface area contributed by atoms with Crippen molar-refractivity contribution in [3.63, 3.8) is 0 Å². The lowest BCUT2D eigenvalue weighted by molar-refractivity contribution is -0.123. The van der Waals surface area contributed by atoms with Crippen LogP contribution >= 0.6 is 0 Å². The molecule has 4 N–H and O–H groups in total. The molecule has 0 heterocycles. The third kappa shape index (κ3) is 4.05. The first kappa shape index (κ1) is 16.0. The highest BCUT2D eigenvalue weighted by Crippen LogP contribution is 2.31. The Morgan fingerprint density at radius 1 is 1.33 bits per heavy atom. The van der Waals surface area contributed by atoms with E-state index in [4.69, 9.17) is 5.73 Å². The molecule has 116 valence electrons. The summed E-state index contributed by atoms with van der Waals surface area (Å²) in [6.07, 6.45) is 4.15. The molecule has 1 fully saturated rings. The third-order valence-electron chi connectivity index (χ3n) is 4.63. The van der Waals surface area contributed by atoms with E-state index in [1.165, 1.54) is 0 Å². The molecule has 1 aliphatic rings. The number of rotatable bonds is 5. The van der Waals surface area contributed by atoms with Gasteiger partial charge in [0.2, 0.25) is 5.91 Å². The molecule has 0 aromatic heterocycles. The van der Waals surface area contributed by atoms with Gasteiger partial charge in [0.05, 0.1) is 18.6 Å². The smallest absolute Gasteiger partial charge is 0.224 e. The summed E-state index contributed by atoms with van der Waals surface area (Å²) >= 11 is 0. The second kappa shape index (κ2) is 7.05. The van der Waals surface area contributed by atoms with Gasteiger partial charge in [-0.05, 0) is 42.7 Å². The third-order valence-corrected chi connectivity index (χ3v) is 4.63. The Kier molecular flexibility index (Phi) is 5.37. The van der Waals surface area contributed by atoms with E-state index in [1.54, 1.807) is 0 Å². The molecule has 0 aliphatic heterocycles. The summed E-state index contributed by atoms with van der Waals surface area (Å²) in [6, 6.07) is 7.75. The minimum Gasteiger partial charge on any atom is -0.394 e. The number of aliphatic hydroxyl groups is 1. The summed E-state index contributed by atoms with van der Waals surface area (Å²) < 4.78 is 0. The number of aliphatic hydroxyl groups excluding tert-OH is 1. The van der Waals surface area contributed by atoms with E-state index in [9.17, 15) is 9.90 Å². The molecule has 0 radical (unpaired) electrons. The molecule has 0 atom stereocenters. The van der Waals surface area contributed by atoms with E-state index < -0.39 is 5.54 Å². The summed E-state index contributed by atoms with van der Waals surface area (Å²) in [5.41, 5.74) is 7.25. The number of hydrogen-bond donors (Lipinski definition) is 3. The lowest BCUT2D eigenvalue weighted by Crippen LogP contribution is -2.53. The van der Waals surface area contributed by atoms with Crippen molar-refractivity contribution in [2.24, 2.45) is 11.7 Å². The fourth-order valence-corrected chi connectivity index (χ4v) is 3.08. The normalized spacial score (nSPS) is 25.6. The average molecular weight is 290 g/mol. The molecule has 0 bridgehead atoms. The van der Waals surface area contributed by atoms with Crippen molar-refractivity contribution in [3.8, 4) is 0 Å². The van der Waals surface area contributed by atoms with Crippen LogP contribution in [-0.4, -0.2) is 23.2 Å². The van der Waals surface area contributed by atoms with Crippen LogP contribution in [0.15, 0.2) is 24.3 Å². The molecule has 1 amide bonds. The van der Waals surface area contributed by atoms with Gasteiger partial charge in [0, 0.05) is 6.54 Å². The molecule has 0 unspecified atom stereocenters. The van der Waals surface area contributed by atoms with Gasteiger partial charge in [0.15, 0.2) is 0 Å². The van der Waals surface area contributed by atoms with Crippen LogP contribution in [-0.2, 0) is 17.8 Å². The summed E-state index contributed by atoms with van der Waals surface area (Å²) in [5, 5.41) is 12.8. The fourth-order valence-electron chi connectivity index (χ4n) is 3.08. The highest BCUT2D eigenvalue weighted by Gasteiger charge is 2.34. The number of hydrogen-bond acceptors (Lipinski definition) is 3. The molecule has 4 heteroatoms. The van der Waals surface area contributed by atoms with Crippen LogP contribution in [0.4, 0.5) is 0 Å². The Morgan fingerprint density at radius 2 is 1.95 bits per heavy atom. The van der Waals surface area contributed by atoms with Gasteiger partial charge in [0.1, 0.15) is 0 Å². The quantitative estimate of drug-likeness (QED) is 0.773. The second-order valence-corrected chi connectivity index (χ2v) is 6.32. The largest absolute Gasteiger partial charge is 0.394 e. The molecule has 21 heavy (non-hydrogen) atoms. The second-order valence-electron chi connectivity index (χ2n) is 6.32. The first-order chi connectivity index (χ1) is 10.1. The van der Waals surface area contributed by atoms with Gasteiger partial charge in [-0.25, -0.2) is 0 Å². The van der Waals surface area contributed by atoms with Crippen LogP contribution in [0.5, 0.6) is 0 Å². The van der Waals surface area contributed by atoms with E-state index in [0.717, 1.165) is 36.8 Å². The van der Waals surface area contributed by atoms with Gasteiger partial charge in [-0.2, -0.15) is 0 Å². The van der Waals surface area contributed by atoms with Gasteiger partial charge in [-0.15, -0.1) is 0 Å². The van der Waals surface area contributed by atoms with Crippen molar-refractivity contribution in [3.05, 3.63) is 35.4 Å². The predicted molar refractivity (Wildman–Crippen MR) is 83.6 cm³/mol. The minimum absolute atomic E-state index is 0.0179. The number of nitrogens with one attached hydrogen (secondary N) is 1. The minimum atomic E-state index is -0.429. The van der Waals surface area contributed by atoms with Gasteiger partial charge < -0.3 is 16.2 Å². The Hall–Kier alpha value is -1.39. The number of benzene rings is 1. The number of nitrogens with two attached hydrogens (primary N) is 1. The SMILES string of the molecule is CC1CCC(CO)(NC(=O)Cc2ccccc2CN)CC1. The van der Waals surface area contributed by atoms with Crippen LogP contribution < -0.4 is 11.1 Å². The Morgan fingerprint density at radius 3 is 2.52 bits per heavy atom. The number of carbonyl (C=O) groups is 1. The topological polar surface area (TPSA) is 75.3 Å². The molecule has 2 rings (SSSR count). The molecule has 4 nitrogen and oxygen atoms in total. The van der Waals surface area contributed by atoms with Crippen LogP contribution in [0.3, 0.4) is 0 Å². The van der Waals surface area contributed by atoms with Gasteiger partial charge in [-0.1, -0.05) is 31.2 Å². The first-order valence-corrected chi connectivity index (χ1v) is 7.77. The lowest BCUT2D eigenvalue weighted by atomic mass is 9.77. The van der Waals surface area contributed by atoms with E-state index in [0.29, 0.717) is 18.9 Å². The van der Waals surface area contributed by atoms with Crippen LogP contribution in [0.25, 0.3) is 0 Å². The molecule has 1 aromatic rings. The molecule has 0 spiro atoms. The van der Waals surface area contributed by atoms with Gasteiger partial charge >= 0.3 is 0 Å². The van der Waals surface area contributed by atoms with Crippen molar-refractivity contribution < 1.29 is 9.90 Å². The number of carbonyl (C=O) groups excluding carboxylic acids is 1. The van der Waals surface area contributed by atoms with Crippen molar-refractivity contribution in [2.75, 3.05) is 6.61 Å². The van der Waals surface area contributed by atoms with Crippen molar-refractivity contribution in [1.82, 2.24) is 5.32 Å². The molecular formula is C17H26N2O2. The maximum atomic E-state index is 12.3. The standard InChI is InChI=1S/C17H26N2O2/c1-13-6-8-17(12-20,9-7-13)19-16(21)10-14-4-2-3-5-15(14)11-18/h2-5,13,20H,6-12,18H2,1H3,(H,19,21). The summed E-state index contributed by atoms with van der Waals surface area (Å²) in [5.74, 6) is 0.652. The van der Waals surface area contributed by atoms with Crippen LogP contribution in [0.2, 0.25) is 0 Å². The lowest BCUT2D eigenvalue weighted by Gasteiger charge is -2.38. The summed E-state index contributed by atoms with van der Waals surface area (Å²) in [7, 11) is 0. The maximum absolute atomic E-state index is 12.3. The van der Waals surface area contributed by atoms with Gasteiger partial charge in [0.25, 0.3) is 0 Å². The fraction of sp³-hybridized carbons (Fsp3) is 0.588. The van der Waals surface area contributed by atoms with Crippen LogP contribution in [0.1, 0.15) is 43.7 Å². The predicted octanol–water partition coefficient (Wildman–Crippen LogP) is 1.75. The Balaban J connectivity index is 2.00. The Labute approximate surface area is 126 Å². The molecule has 1 saturated carbocycles. The van der Waals surface area contributed by atoms with Gasteiger partial charge in [-0.3, -0.25) is 4.79 Å².